The summed E-state index contributed by atoms with van der Waals surface area (Å²) in [6.45, 7) is 4.09. The van der Waals surface area contributed by atoms with E-state index in [9.17, 15) is 4.79 Å². The number of ketones is 1. The van der Waals surface area contributed by atoms with Gasteiger partial charge in [-0.3, -0.25) is 4.79 Å². The molecule has 0 radical (unpaired) electrons. The van der Waals surface area contributed by atoms with Crippen LogP contribution in [0.15, 0.2) is 48.5 Å². The molecule has 1 nitrogen and oxygen atoms in total. The van der Waals surface area contributed by atoms with Crippen molar-refractivity contribution in [3.05, 3.63) is 70.8 Å². The highest BCUT2D eigenvalue weighted by molar-refractivity contribution is 9.09. The van der Waals surface area contributed by atoms with Gasteiger partial charge in [0.15, 0.2) is 5.78 Å². The third kappa shape index (κ3) is 2.70. The molecule has 0 saturated carbocycles. The molecular formula is C16H15BrO. The molecule has 2 heteroatoms. The van der Waals surface area contributed by atoms with Crippen LogP contribution in [0, 0.1) is 13.8 Å². The molecule has 0 amide bonds. The van der Waals surface area contributed by atoms with Gasteiger partial charge >= 0.3 is 0 Å². The van der Waals surface area contributed by atoms with Gasteiger partial charge in [-0.2, -0.15) is 0 Å². The van der Waals surface area contributed by atoms with Crippen molar-refractivity contribution in [3.8, 4) is 0 Å². The van der Waals surface area contributed by atoms with Gasteiger partial charge in [-0.05, 0) is 25.0 Å². The predicted molar refractivity (Wildman–Crippen MR) is 78.4 cm³/mol. The second-order valence-corrected chi connectivity index (χ2v) is 5.37. The van der Waals surface area contributed by atoms with E-state index in [1.807, 2.05) is 49.4 Å². The van der Waals surface area contributed by atoms with Crippen molar-refractivity contribution in [1.82, 2.24) is 0 Å². The van der Waals surface area contributed by atoms with Crippen molar-refractivity contribution in [1.29, 1.82) is 0 Å². The number of aryl methyl sites for hydroxylation is 2. The van der Waals surface area contributed by atoms with E-state index < -0.39 is 0 Å². The van der Waals surface area contributed by atoms with E-state index in [-0.39, 0.29) is 10.6 Å². The summed E-state index contributed by atoms with van der Waals surface area (Å²) in [6, 6.07) is 15.5. The standard InChI is InChI=1S/C16H15BrO/c1-11-8-9-14(12(2)10-11)15(17)16(18)13-6-4-3-5-7-13/h3-10,15H,1-2H3. The maximum Gasteiger partial charge on any atom is 0.180 e. The molecule has 0 N–H and O–H groups in total. The van der Waals surface area contributed by atoms with Crippen molar-refractivity contribution >= 4 is 21.7 Å². The lowest BCUT2D eigenvalue weighted by Gasteiger charge is -2.13. The van der Waals surface area contributed by atoms with Gasteiger partial charge in [0, 0.05) is 5.56 Å². The van der Waals surface area contributed by atoms with Crippen molar-refractivity contribution in [2.75, 3.05) is 0 Å². The fraction of sp³-hybridized carbons (Fsp3) is 0.188. The molecule has 0 aromatic heterocycles. The zero-order valence-corrected chi connectivity index (χ0v) is 12.1. The van der Waals surface area contributed by atoms with Crippen molar-refractivity contribution < 1.29 is 4.79 Å². The lowest BCUT2D eigenvalue weighted by molar-refractivity contribution is 0.0991. The minimum Gasteiger partial charge on any atom is -0.293 e. The Hall–Kier alpha value is -1.41. The molecule has 0 heterocycles. The average molecular weight is 303 g/mol. The summed E-state index contributed by atoms with van der Waals surface area (Å²) >= 11 is 3.51. The van der Waals surface area contributed by atoms with Crippen molar-refractivity contribution in [2.45, 2.75) is 18.7 Å². The monoisotopic (exact) mass is 302 g/mol. The first-order valence-corrected chi connectivity index (χ1v) is 6.81. The molecule has 0 bridgehead atoms. The van der Waals surface area contributed by atoms with Crippen molar-refractivity contribution in [3.63, 3.8) is 0 Å². The number of hydrogen-bond acceptors (Lipinski definition) is 1. The molecule has 2 aromatic rings. The van der Waals surface area contributed by atoms with E-state index in [4.69, 9.17) is 0 Å². The number of halogens is 1. The van der Waals surface area contributed by atoms with Gasteiger partial charge in [0.25, 0.3) is 0 Å². The maximum absolute atomic E-state index is 12.3. The normalized spacial score (nSPS) is 12.2. The fourth-order valence-corrected chi connectivity index (χ4v) is 2.78. The molecule has 92 valence electrons. The Morgan fingerprint density at radius 1 is 1.06 bits per heavy atom. The zero-order chi connectivity index (χ0) is 13.1. The van der Waals surface area contributed by atoms with Crippen LogP contribution in [0.2, 0.25) is 0 Å². The van der Waals surface area contributed by atoms with E-state index in [0.717, 1.165) is 16.7 Å². The molecule has 2 aromatic carbocycles. The first-order chi connectivity index (χ1) is 8.59. The summed E-state index contributed by atoms with van der Waals surface area (Å²) in [6.07, 6.45) is 0. The molecule has 0 saturated heterocycles. The lowest BCUT2D eigenvalue weighted by Crippen LogP contribution is -2.08. The summed E-state index contributed by atoms with van der Waals surface area (Å²) in [5, 5.41) is 0. The number of carbonyl (C=O) groups excluding carboxylic acids is 1. The molecule has 0 aliphatic carbocycles. The molecule has 0 spiro atoms. The lowest BCUT2D eigenvalue weighted by atomic mass is 9.98. The first kappa shape index (κ1) is 13.0. The Kier molecular flexibility index (Phi) is 3.97. The van der Waals surface area contributed by atoms with Gasteiger partial charge in [0.1, 0.15) is 4.83 Å². The second-order valence-electron chi connectivity index (χ2n) is 4.45. The Morgan fingerprint density at radius 2 is 1.72 bits per heavy atom. The van der Waals surface area contributed by atoms with Crippen LogP contribution >= 0.6 is 15.9 Å². The van der Waals surface area contributed by atoms with E-state index in [1.54, 1.807) is 0 Å². The highest BCUT2D eigenvalue weighted by Gasteiger charge is 2.20. The highest BCUT2D eigenvalue weighted by atomic mass is 79.9. The fourth-order valence-electron chi connectivity index (χ4n) is 2.00. The summed E-state index contributed by atoms with van der Waals surface area (Å²) in [5.74, 6) is 0.0996. The first-order valence-electron chi connectivity index (χ1n) is 5.90. The topological polar surface area (TPSA) is 17.1 Å². The number of hydrogen-bond donors (Lipinski definition) is 0. The van der Waals surface area contributed by atoms with Crippen LogP contribution in [0.1, 0.15) is 31.9 Å². The molecule has 1 unspecified atom stereocenters. The molecule has 0 aliphatic rings. The largest absolute Gasteiger partial charge is 0.293 e. The number of Topliss-reactive ketones (excluding diaryl/α,β-unsaturated/α-hetero) is 1. The van der Waals surface area contributed by atoms with Gasteiger partial charge < -0.3 is 0 Å². The van der Waals surface area contributed by atoms with Crippen LogP contribution in [-0.2, 0) is 0 Å². The smallest absolute Gasteiger partial charge is 0.180 e. The summed E-state index contributed by atoms with van der Waals surface area (Å²) < 4.78 is 0. The van der Waals surface area contributed by atoms with Crippen molar-refractivity contribution in [2.24, 2.45) is 0 Å². The third-order valence-corrected chi connectivity index (χ3v) is 3.90. The number of alkyl halides is 1. The minimum atomic E-state index is -0.277. The molecule has 0 aliphatic heterocycles. The minimum absolute atomic E-state index is 0.0996. The highest BCUT2D eigenvalue weighted by Crippen LogP contribution is 2.29. The maximum atomic E-state index is 12.3. The van der Waals surface area contributed by atoms with Gasteiger partial charge in [-0.1, -0.05) is 70.0 Å². The Bertz CT molecular complexity index is 561. The van der Waals surface area contributed by atoms with Crippen LogP contribution in [0.25, 0.3) is 0 Å². The predicted octanol–water partition coefficient (Wildman–Crippen LogP) is 4.62. The summed E-state index contributed by atoms with van der Waals surface area (Å²) in [4.78, 5) is 12.1. The van der Waals surface area contributed by atoms with E-state index in [0.29, 0.717) is 0 Å². The van der Waals surface area contributed by atoms with E-state index >= 15 is 0 Å². The quantitative estimate of drug-likeness (QED) is 0.597. The SMILES string of the molecule is Cc1ccc(C(Br)C(=O)c2ccccc2)c(C)c1. The Labute approximate surface area is 116 Å². The molecular weight excluding hydrogens is 288 g/mol. The number of benzene rings is 2. The van der Waals surface area contributed by atoms with E-state index in [1.165, 1.54) is 5.56 Å². The average Bonchev–Trinajstić information content (AvgIpc) is 2.38. The van der Waals surface area contributed by atoms with Gasteiger partial charge in [-0.15, -0.1) is 0 Å². The Balaban J connectivity index is 2.31. The molecule has 0 fully saturated rings. The summed E-state index contributed by atoms with van der Waals surface area (Å²) in [5.41, 5.74) is 4.12. The molecule has 2 rings (SSSR count). The number of rotatable bonds is 3. The van der Waals surface area contributed by atoms with Crippen LogP contribution in [-0.4, -0.2) is 5.78 Å². The van der Waals surface area contributed by atoms with Gasteiger partial charge in [-0.25, -0.2) is 0 Å². The zero-order valence-electron chi connectivity index (χ0n) is 10.5. The van der Waals surface area contributed by atoms with Gasteiger partial charge in [0.05, 0.1) is 0 Å². The second kappa shape index (κ2) is 5.49. The van der Waals surface area contributed by atoms with Crippen LogP contribution < -0.4 is 0 Å². The van der Waals surface area contributed by atoms with E-state index in [2.05, 4.69) is 28.9 Å². The third-order valence-electron chi connectivity index (χ3n) is 2.99. The van der Waals surface area contributed by atoms with Crippen LogP contribution in [0.4, 0.5) is 0 Å². The molecule has 1 atom stereocenters. The van der Waals surface area contributed by atoms with Crippen LogP contribution in [0.3, 0.4) is 0 Å². The molecule has 18 heavy (non-hydrogen) atoms. The summed E-state index contributed by atoms with van der Waals surface area (Å²) in [7, 11) is 0. The van der Waals surface area contributed by atoms with Crippen LogP contribution in [0.5, 0.6) is 0 Å². The number of carbonyl (C=O) groups is 1. The Morgan fingerprint density at radius 3 is 2.33 bits per heavy atom. The van der Waals surface area contributed by atoms with Gasteiger partial charge in [0.2, 0.25) is 0 Å².